The Labute approximate surface area is 115 Å². The molecule has 0 aliphatic rings. The Morgan fingerprint density at radius 3 is 2.61 bits per heavy atom. The van der Waals surface area contributed by atoms with Crippen LogP contribution in [0, 0.1) is 5.82 Å². The minimum Gasteiger partial charge on any atom is -0.327 e. The largest absolute Gasteiger partial charge is 0.327 e. The van der Waals surface area contributed by atoms with Crippen molar-refractivity contribution in [1.82, 2.24) is 4.72 Å². The predicted octanol–water partition coefficient (Wildman–Crippen LogP) is 1.93. The molecule has 0 bridgehead atoms. The Hall–Kier alpha value is -0.660. The molecule has 3 N–H and O–H groups in total. The van der Waals surface area contributed by atoms with Gasteiger partial charge in [-0.2, -0.15) is 0 Å². The van der Waals surface area contributed by atoms with Crippen molar-refractivity contribution < 1.29 is 12.8 Å². The normalized spacial score (nSPS) is 12.2. The Morgan fingerprint density at radius 2 is 2.00 bits per heavy atom. The van der Waals surface area contributed by atoms with E-state index >= 15 is 0 Å². The van der Waals surface area contributed by atoms with E-state index in [1.54, 1.807) is 6.08 Å². The van der Waals surface area contributed by atoms with E-state index in [4.69, 9.17) is 28.9 Å². The van der Waals surface area contributed by atoms with Crippen molar-refractivity contribution in [3.63, 3.8) is 0 Å². The first-order valence-electron chi connectivity index (χ1n) is 4.88. The monoisotopic (exact) mass is 312 g/mol. The zero-order valence-corrected chi connectivity index (χ0v) is 11.5. The van der Waals surface area contributed by atoms with Crippen LogP contribution in [0.1, 0.15) is 0 Å². The molecule has 4 nitrogen and oxygen atoms in total. The van der Waals surface area contributed by atoms with Gasteiger partial charge in [-0.05, 0) is 12.1 Å². The first kappa shape index (κ1) is 15.4. The molecule has 0 saturated carbocycles. The summed E-state index contributed by atoms with van der Waals surface area (Å²) < 4.78 is 39.2. The van der Waals surface area contributed by atoms with Gasteiger partial charge in [-0.25, -0.2) is 17.5 Å². The first-order valence-corrected chi connectivity index (χ1v) is 7.12. The van der Waals surface area contributed by atoms with Crippen molar-refractivity contribution in [3.05, 3.63) is 40.1 Å². The van der Waals surface area contributed by atoms with Crippen molar-refractivity contribution in [2.24, 2.45) is 5.73 Å². The Balaban J connectivity index is 2.99. The molecule has 0 atom stereocenters. The van der Waals surface area contributed by atoms with Crippen molar-refractivity contribution in [2.45, 2.75) is 4.90 Å². The summed E-state index contributed by atoms with van der Waals surface area (Å²) in [5.74, 6) is -0.960. The van der Waals surface area contributed by atoms with E-state index in [1.807, 2.05) is 0 Å². The molecule has 0 aromatic heterocycles. The van der Waals surface area contributed by atoms with Crippen LogP contribution in [0.5, 0.6) is 0 Å². The van der Waals surface area contributed by atoms with Crippen LogP contribution in [-0.2, 0) is 10.0 Å². The highest BCUT2D eigenvalue weighted by Gasteiger charge is 2.21. The second-order valence-corrected chi connectivity index (χ2v) is 5.75. The van der Waals surface area contributed by atoms with Crippen LogP contribution < -0.4 is 10.5 Å². The van der Waals surface area contributed by atoms with Gasteiger partial charge in [0, 0.05) is 13.1 Å². The van der Waals surface area contributed by atoms with Crippen LogP contribution in [-0.4, -0.2) is 21.5 Å². The van der Waals surface area contributed by atoms with Crippen molar-refractivity contribution in [2.75, 3.05) is 13.1 Å². The number of hydrogen-bond acceptors (Lipinski definition) is 3. The molecule has 0 spiro atoms. The lowest BCUT2D eigenvalue weighted by molar-refractivity contribution is 0.581. The second-order valence-electron chi connectivity index (χ2n) is 3.23. The SMILES string of the molecule is NC/C=C/CNS(=O)(=O)c1ccc(Cl)c(F)c1Cl. The molecule has 0 aliphatic carbocycles. The molecule has 0 amide bonds. The van der Waals surface area contributed by atoms with Crippen molar-refractivity contribution in [1.29, 1.82) is 0 Å². The molecular formula is C10H11Cl2FN2O2S. The van der Waals surface area contributed by atoms with Gasteiger partial charge in [-0.15, -0.1) is 0 Å². The summed E-state index contributed by atoms with van der Waals surface area (Å²) in [4.78, 5) is -0.354. The third-order valence-electron chi connectivity index (χ3n) is 1.98. The van der Waals surface area contributed by atoms with E-state index < -0.39 is 20.9 Å². The van der Waals surface area contributed by atoms with Gasteiger partial charge in [0.25, 0.3) is 0 Å². The molecule has 0 fully saturated rings. The highest BCUT2D eigenvalue weighted by atomic mass is 35.5. The van der Waals surface area contributed by atoms with Crippen LogP contribution in [0.2, 0.25) is 10.0 Å². The summed E-state index contributed by atoms with van der Waals surface area (Å²) in [5, 5.41) is -0.764. The van der Waals surface area contributed by atoms with Crippen molar-refractivity contribution >= 4 is 33.2 Å². The molecule has 1 aromatic rings. The minimum atomic E-state index is -3.88. The van der Waals surface area contributed by atoms with Crippen LogP contribution in [0.15, 0.2) is 29.2 Å². The zero-order valence-electron chi connectivity index (χ0n) is 9.16. The van der Waals surface area contributed by atoms with Crippen LogP contribution in [0.25, 0.3) is 0 Å². The molecule has 0 aliphatic heterocycles. The Bertz CT molecular complexity index is 561. The van der Waals surface area contributed by atoms with Crippen LogP contribution in [0.3, 0.4) is 0 Å². The standard InChI is InChI=1S/C10H11Cl2FN2O2S/c11-7-3-4-8(9(12)10(7)13)18(16,17)15-6-2-1-5-14/h1-4,15H,5-6,14H2/b2-1+. The quantitative estimate of drug-likeness (QED) is 0.644. The number of sulfonamides is 1. The molecule has 18 heavy (non-hydrogen) atoms. The number of nitrogens with two attached hydrogens (primary N) is 1. The average molecular weight is 313 g/mol. The fourth-order valence-corrected chi connectivity index (χ4v) is 2.85. The molecule has 8 heteroatoms. The minimum absolute atomic E-state index is 0.0418. The number of rotatable bonds is 5. The van der Waals surface area contributed by atoms with E-state index in [0.29, 0.717) is 6.54 Å². The lowest BCUT2D eigenvalue weighted by Crippen LogP contribution is -2.24. The van der Waals surface area contributed by atoms with Gasteiger partial charge in [-0.1, -0.05) is 35.4 Å². The Morgan fingerprint density at radius 1 is 1.33 bits per heavy atom. The zero-order chi connectivity index (χ0) is 13.8. The third-order valence-corrected chi connectivity index (χ3v) is 4.22. The van der Waals surface area contributed by atoms with Gasteiger partial charge < -0.3 is 5.73 Å². The summed E-state index contributed by atoms with van der Waals surface area (Å²) in [6, 6.07) is 2.27. The molecule has 0 saturated heterocycles. The highest BCUT2D eigenvalue weighted by molar-refractivity contribution is 7.89. The third kappa shape index (κ3) is 3.66. The maximum atomic E-state index is 13.4. The molecule has 1 rings (SSSR count). The number of benzene rings is 1. The Kier molecular flexibility index (Phi) is 5.55. The van der Waals surface area contributed by atoms with E-state index in [1.165, 1.54) is 6.08 Å². The van der Waals surface area contributed by atoms with E-state index in [9.17, 15) is 12.8 Å². The molecule has 1 aromatic carbocycles. The van der Waals surface area contributed by atoms with Crippen LogP contribution in [0.4, 0.5) is 4.39 Å². The van der Waals surface area contributed by atoms with E-state index in [-0.39, 0.29) is 16.5 Å². The number of halogens is 3. The topological polar surface area (TPSA) is 72.2 Å². The smallest absolute Gasteiger partial charge is 0.242 e. The van der Waals surface area contributed by atoms with Gasteiger partial charge in [0.1, 0.15) is 4.90 Å². The summed E-state index contributed by atoms with van der Waals surface area (Å²) in [6.45, 7) is 0.345. The molecular weight excluding hydrogens is 302 g/mol. The summed E-state index contributed by atoms with van der Waals surface area (Å²) in [7, 11) is -3.88. The molecule has 0 unspecified atom stereocenters. The molecule has 100 valence electrons. The molecule has 0 radical (unpaired) electrons. The predicted molar refractivity (Wildman–Crippen MR) is 69.8 cm³/mol. The highest BCUT2D eigenvalue weighted by Crippen LogP contribution is 2.29. The van der Waals surface area contributed by atoms with Crippen LogP contribution >= 0.6 is 23.2 Å². The van der Waals surface area contributed by atoms with Gasteiger partial charge in [-0.3, -0.25) is 0 Å². The van der Waals surface area contributed by atoms with E-state index in [2.05, 4.69) is 4.72 Å². The summed E-state index contributed by atoms with van der Waals surface area (Å²) in [6.07, 6.45) is 3.13. The maximum Gasteiger partial charge on any atom is 0.242 e. The fourth-order valence-electron chi connectivity index (χ4n) is 1.13. The number of nitrogens with one attached hydrogen (secondary N) is 1. The summed E-state index contributed by atoms with van der Waals surface area (Å²) >= 11 is 11.1. The lowest BCUT2D eigenvalue weighted by Gasteiger charge is -2.08. The fraction of sp³-hybridized carbons (Fsp3) is 0.200. The average Bonchev–Trinajstić information content (AvgIpc) is 2.31. The first-order chi connectivity index (χ1) is 8.40. The summed E-state index contributed by atoms with van der Waals surface area (Å²) in [5.41, 5.74) is 5.20. The number of hydrogen-bond donors (Lipinski definition) is 2. The second kappa shape index (κ2) is 6.49. The van der Waals surface area contributed by atoms with Gasteiger partial charge >= 0.3 is 0 Å². The van der Waals surface area contributed by atoms with Crippen molar-refractivity contribution in [3.8, 4) is 0 Å². The van der Waals surface area contributed by atoms with Gasteiger partial charge in [0.05, 0.1) is 10.0 Å². The molecule has 0 heterocycles. The van der Waals surface area contributed by atoms with Gasteiger partial charge in [0.2, 0.25) is 10.0 Å². The van der Waals surface area contributed by atoms with E-state index in [0.717, 1.165) is 12.1 Å². The van der Waals surface area contributed by atoms with Gasteiger partial charge in [0.15, 0.2) is 5.82 Å². The maximum absolute atomic E-state index is 13.4. The lowest BCUT2D eigenvalue weighted by atomic mass is 10.3.